The summed E-state index contributed by atoms with van der Waals surface area (Å²) in [6, 6.07) is 4.30. The van der Waals surface area contributed by atoms with Crippen molar-refractivity contribution in [2.24, 2.45) is 0 Å². The van der Waals surface area contributed by atoms with Gasteiger partial charge < -0.3 is 9.84 Å². The first-order valence-electron chi connectivity index (χ1n) is 5.04. The molecule has 1 rings (SSSR count). The van der Waals surface area contributed by atoms with Gasteiger partial charge in [0.1, 0.15) is 5.82 Å². The fourth-order valence-corrected chi connectivity index (χ4v) is 1.48. The number of hydrogen-bond acceptors (Lipinski definition) is 2. The van der Waals surface area contributed by atoms with Crippen molar-refractivity contribution in [2.75, 3.05) is 7.11 Å². The molecule has 1 N–H and O–H groups in total. The second kappa shape index (κ2) is 5.13. The Morgan fingerprint density at radius 3 is 2.69 bits per heavy atom. The molecule has 0 radical (unpaired) electrons. The third-order valence-electron chi connectivity index (χ3n) is 2.75. The van der Waals surface area contributed by atoms with Crippen LogP contribution in [0.3, 0.4) is 0 Å². The van der Waals surface area contributed by atoms with E-state index in [9.17, 15) is 9.50 Å². The van der Waals surface area contributed by atoms with E-state index >= 15 is 0 Å². The molecule has 1 aromatic rings. The number of methoxy groups -OCH3 is 1. The Morgan fingerprint density at radius 1 is 1.50 bits per heavy atom. The maximum Gasteiger partial charge on any atom is 0.126 e. The summed E-state index contributed by atoms with van der Waals surface area (Å²) in [5.74, 6) is -0.365. The molecule has 0 aliphatic rings. The molecule has 0 aliphatic heterocycles. The van der Waals surface area contributed by atoms with E-state index in [4.69, 9.17) is 16.3 Å². The van der Waals surface area contributed by atoms with Gasteiger partial charge in [0, 0.05) is 18.6 Å². The van der Waals surface area contributed by atoms with E-state index < -0.39 is 11.7 Å². The summed E-state index contributed by atoms with van der Waals surface area (Å²) in [4.78, 5) is 0. The molecule has 0 aliphatic carbocycles. The molecule has 16 heavy (non-hydrogen) atoms. The van der Waals surface area contributed by atoms with Crippen LogP contribution >= 0.6 is 11.6 Å². The zero-order chi connectivity index (χ0) is 12.3. The number of aliphatic hydroxyl groups excluding tert-OH is 1. The van der Waals surface area contributed by atoms with Gasteiger partial charge in [-0.3, -0.25) is 0 Å². The van der Waals surface area contributed by atoms with E-state index in [2.05, 4.69) is 0 Å². The van der Waals surface area contributed by atoms with Gasteiger partial charge >= 0.3 is 0 Å². The van der Waals surface area contributed by atoms with Gasteiger partial charge in [-0.25, -0.2) is 4.39 Å². The van der Waals surface area contributed by atoms with Gasteiger partial charge in [0.05, 0.1) is 11.7 Å². The summed E-state index contributed by atoms with van der Waals surface area (Å²) >= 11 is 5.77. The minimum absolute atomic E-state index is 0.174. The number of ether oxygens (including phenoxy) is 1. The molecule has 1 unspecified atom stereocenters. The Morgan fingerprint density at radius 2 is 2.12 bits per heavy atom. The van der Waals surface area contributed by atoms with E-state index in [1.54, 1.807) is 13.8 Å². The molecule has 0 bridgehead atoms. The molecule has 0 aromatic heterocycles. The van der Waals surface area contributed by atoms with Gasteiger partial charge in [-0.15, -0.1) is 0 Å². The SMILES string of the molecule is COC(C)(C)C(O)Cc1cc(Cl)ccc1F. The first-order chi connectivity index (χ1) is 7.36. The highest BCUT2D eigenvalue weighted by Crippen LogP contribution is 2.21. The Balaban J connectivity index is 2.84. The molecule has 1 atom stereocenters. The van der Waals surface area contributed by atoms with Crippen LogP contribution in [0.15, 0.2) is 18.2 Å². The standard InChI is InChI=1S/C12H16ClFO2/c1-12(2,16-3)11(15)7-8-6-9(13)4-5-10(8)14/h4-6,11,15H,7H2,1-3H3. The topological polar surface area (TPSA) is 29.5 Å². The van der Waals surface area contributed by atoms with E-state index in [1.165, 1.54) is 25.3 Å². The summed E-state index contributed by atoms with van der Waals surface area (Å²) in [7, 11) is 1.51. The molecule has 0 spiro atoms. The smallest absolute Gasteiger partial charge is 0.126 e. The molecular weight excluding hydrogens is 231 g/mol. The third-order valence-corrected chi connectivity index (χ3v) is 2.98. The minimum atomic E-state index is -0.787. The van der Waals surface area contributed by atoms with Crippen LogP contribution in [0.25, 0.3) is 0 Å². The Kier molecular flexibility index (Phi) is 4.30. The predicted molar refractivity (Wildman–Crippen MR) is 62.2 cm³/mol. The van der Waals surface area contributed by atoms with Crippen LogP contribution in [0.1, 0.15) is 19.4 Å². The van der Waals surface area contributed by atoms with Crippen LogP contribution in [-0.2, 0) is 11.2 Å². The molecule has 2 nitrogen and oxygen atoms in total. The van der Waals surface area contributed by atoms with Crippen LogP contribution < -0.4 is 0 Å². The van der Waals surface area contributed by atoms with Gasteiger partial charge in [0.25, 0.3) is 0 Å². The molecule has 0 amide bonds. The summed E-state index contributed by atoms with van der Waals surface area (Å²) in [6.45, 7) is 3.50. The van der Waals surface area contributed by atoms with Crippen LogP contribution in [0, 0.1) is 5.82 Å². The lowest BCUT2D eigenvalue weighted by Crippen LogP contribution is -2.39. The Bertz CT molecular complexity index is 366. The van der Waals surface area contributed by atoms with Gasteiger partial charge in [-0.1, -0.05) is 11.6 Å². The largest absolute Gasteiger partial charge is 0.390 e. The first kappa shape index (κ1) is 13.4. The first-order valence-corrected chi connectivity index (χ1v) is 5.42. The average molecular weight is 247 g/mol. The normalized spacial score (nSPS) is 13.9. The molecule has 90 valence electrons. The molecule has 1 aromatic carbocycles. The van der Waals surface area contributed by atoms with Crippen LogP contribution in [-0.4, -0.2) is 23.9 Å². The highest BCUT2D eigenvalue weighted by atomic mass is 35.5. The number of benzene rings is 1. The third kappa shape index (κ3) is 3.17. The zero-order valence-electron chi connectivity index (χ0n) is 9.63. The lowest BCUT2D eigenvalue weighted by Gasteiger charge is -2.29. The van der Waals surface area contributed by atoms with E-state index in [1.807, 2.05) is 0 Å². The van der Waals surface area contributed by atoms with Crippen LogP contribution in [0.5, 0.6) is 0 Å². The van der Waals surface area contributed by atoms with E-state index in [0.29, 0.717) is 10.6 Å². The average Bonchev–Trinajstić information content (AvgIpc) is 2.23. The van der Waals surface area contributed by atoms with Gasteiger partial charge in [-0.05, 0) is 37.6 Å². The van der Waals surface area contributed by atoms with Crippen molar-refractivity contribution in [2.45, 2.75) is 32.0 Å². The Labute approximate surface area is 100.0 Å². The molecule has 0 saturated heterocycles. The maximum atomic E-state index is 13.4. The monoisotopic (exact) mass is 246 g/mol. The zero-order valence-corrected chi connectivity index (χ0v) is 10.4. The van der Waals surface area contributed by atoms with Crippen molar-refractivity contribution in [1.82, 2.24) is 0 Å². The lowest BCUT2D eigenvalue weighted by molar-refractivity contribution is -0.0767. The van der Waals surface area contributed by atoms with E-state index in [0.717, 1.165) is 0 Å². The van der Waals surface area contributed by atoms with Crippen molar-refractivity contribution in [3.05, 3.63) is 34.6 Å². The summed E-state index contributed by atoms with van der Waals surface area (Å²) in [5, 5.41) is 10.4. The number of rotatable bonds is 4. The fraction of sp³-hybridized carbons (Fsp3) is 0.500. The number of halogens is 2. The molecular formula is C12H16ClFO2. The quantitative estimate of drug-likeness (QED) is 0.885. The fourth-order valence-electron chi connectivity index (χ4n) is 1.29. The maximum absolute atomic E-state index is 13.4. The lowest BCUT2D eigenvalue weighted by atomic mass is 9.95. The highest BCUT2D eigenvalue weighted by molar-refractivity contribution is 6.30. The van der Waals surface area contributed by atoms with Gasteiger partial charge in [0.2, 0.25) is 0 Å². The van der Waals surface area contributed by atoms with Crippen molar-refractivity contribution >= 4 is 11.6 Å². The van der Waals surface area contributed by atoms with Crippen molar-refractivity contribution in [3.8, 4) is 0 Å². The second-order valence-electron chi connectivity index (χ2n) is 4.26. The summed E-state index contributed by atoms with van der Waals surface area (Å²) < 4.78 is 18.5. The summed E-state index contributed by atoms with van der Waals surface area (Å²) in [6.07, 6.45) is -0.613. The molecule has 0 fully saturated rings. The Hall–Kier alpha value is -0.640. The van der Waals surface area contributed by atoms with Gasteiger partial charge in [-0.2, -0.15) is 0 Å². The van der Waals surface area contributed by atoms with Crippen molar-refractivity contribution in [1.29, 1.82) is 0 Å². The molecule has 0 saturated carbocycles. The number of hydrogen-bond donors (Lipinski definition) is 1. The molecule has 4 heteroatoms. The highest BCUT2D eigenvalue weighted by Gasteiger charge is 2.28. The van der Waals surface area contributed by atoms with Gasteiger partial charge in [0.15, 0.2) is 0 Å². The van der Waals surface area contributed by atoms with Crippen LogP contribution in [0.4, 0.5) is 4.39 Å². The van der Waals surface area contributed by atoms with Crippen molar-refractivity contribution < 1.29 is 14.2 Å². The molecule has 0 heterocycles. The van der Waals surface area contributed by atoms with E-state index in [-0.39, 0.29) is 12.2 Å². The number of aliphatic hydroxyl groups is 1. The second-order valence-corrected chi connectivity index (χ2v) is 4.70. The predicted octanol–water partition coefficient (Wildman–Crippen LogP) is 2.81. The summed E-state index contributed by atoms with van der Waals surface area (Å²) in [5.41, 5.74) is -0.320. The van der Waals surface area contributed by atoms with Crippen LogP contribution in [0.2, 0.25) is 5.02 Å². The van der Waals surface area contributed by atoms with Crippen molar-refractivity contribution in [3.63, 3.8) is 0 Å². The minimum Gasteiger partial charge on any atom is -0.390 e.